The summed E-state index contributed by atoms with van der Waals surface area (Å²) in [6.07, 6.45) is 0. The molecule has 0 amide bonds. The minimum Gasteiger partial charge on any atom is -0.412 e. The minimum atomic E-state index is 0. The van der Waals surface area contributed by atoms with Gasteiger partial charge in [0.1, 0.15) is 0 Å². The smallest absolute Gasteiger partial charge is 0 e. The maximum atomic E-state index is 0. The normalized spacial score (nSPS) is 0. The average Bonchev–Trinajstić information content (AvgIpc) is 0. The van der Waals surface area contributed by atoms with E-state index in [4.69, 9.17) is 0 Å². The summed E-state index contributed by atoms with van der Waals surface area (Å²) in [5.41, 5.74) is 0. The summed E-state index contributed by atoms with van der Waals surface area (Å²) in [5.74, 6) is 0. The van der Waals surface area contributed by atoms with Crippen LogP contribution in [0.2, 0.25) is 0 Å². The molecule has 0 aliphatic carbocycles. The molecule has 0 bridgehead atoms. The van der Waals surface area contributed by atoms with Gasteiger partial charge in [0.25, 0.3) is 0 Å². The van der Waals surface area contributed by atoms with Crippen LogP contribution >= 0.6 is 0 Å². The van der Waals surface area contributed by atoms with E-state index in [1.807, 2.05) is 0 Å². The molecule has 0 rings (SSSR count). The zero-order valence-electron chi connectivity index (χ0n) is 4.50. The van der Waals surface area contributed by atoms with Gasteiger partial charge in [0.05, 0.1) is 0 Å². The van der Waals surface area contributed by atoms with Crippen molar-refractivity contribution < 1.29 is 27.4 Å². The minimum absolute atomic E-state index is 0. The van der Waals surface area contributed by atoms with Gasteiger partial charge in [0.15, 0.2) is 0 Å². The molecular weight excluding hydrogens is 159 g/mol. The van der Waals surface area contributed by atoms with Crippen molar-refractivity contribution in [2.24, 2.45) is 0 Å². The molecule has 0 aromatic carbocycles. The molecule has 8 heavy (non-hydrogen) atoms. The first-order valence-corrected chi connectivity index (χ1v) is 0. The Kier molecular flexibility index (Phi) is 14600. The Morgan fingerprint density at radius 2 is 0.375 bits per heavy atom. The molecule has 0 heterocycles. The molecular formula is H10NaO5Si2. The molecule has 0 aliphatic rings. The van der Waals surface area contributed by atoms with E-state index in [1.54, 1.807) is 0 Å². The molecule has 9 radical (unpaired) electrons. The Bertz CT molecular complexity index is 10.4. The Labute approximate surface area is 78.7 Å². The fraction of sp³-hybridized carbons (Fsp3) is 0. The maximum Gasteiger partial charge on any atom is 0 e. The van der Waals surface area contributed by atoms with Gasteiger partial charge in [-0.15, -0.1) is 0 Å². The van der Waals surface area contributed by atoms with E-state index in [0.717, 1.165) is 0 Å². The molecule has 10 N–H and O–H groups in total. The summed E-state index contributed by atoms with van der Waals surface area (Å²) < 4.78 is 0. The van der Waals surface area contributed by atoms with Crippen LogP contribution in [-0.4, -0.2) is 78.9 Å². The third-order valence-electron chi connectivity index (χ3n) is 0. The molecule has 8 heteroatoms. The quantitative estimate of drug-likeness (QED) is 0.317. The predicted molar refractivity (Wildman–Crippen MR) is 35.3 cm³/mol. The van der Waals surface area contributed by atoms with Crippen LogP contribution in [0.4, 0.5) is 0 Å². The van der Waals surface area contributed by atoms with E-state index in [1.165, 1.54) is 0 Å². The fourth-order valence-corrected chi connectivity index (χ4v) is 0. The van der Waals surface area contributed by atoms with Gasteiger partial charge in [-0.1, -0.05) is 0 Å². The topological polar surface area (TPSA) is 158 Å². The van der Waals surface area contributed by atoms with Crippen LogP contribution in [0.1, 0.15) is 0 Å². The zero-order valence-corrected chi connectivity index (χ0v) is 8.50. The van der Waals surface area contributed by atoms with Crippen molar-refractivity contribution in [2.75, 3.05) is 0 Å². The largest absolute Gasteiger partial charge is 0.412 e. The van der Waals surface area contributed by atoms with Gasteiger partial charge in [-0.05, 0) is 0 Å². The molecule has 0 fully saturated rings. The first-order chi connectivity index (χ1) is 0. The van der Waals surface area contributed by atoms with Crippen molar-refractivity contribution in [3.8, 4) is 0 Å². The van der Waals surface area contributed by atoms with Gasteiger partial charge in [0, 0.05) is 51.5 Å². The fourth-order valence-electron chi connectivity index (χ4n) is 0. The number of rotatable bonds is 0. The average molecular weight is 169 g/mol. The third kappa shape index (κ3) is 185. The van der Waals surface area contributed by atoms with Crippen LogP contribution in [-0.2, 0) is 0 Å². The Balaban J connectivity index is 0. The molecule has 0 unspecified atom stereocenters. The number of hydrogen-bond acceptors (Lipinski definition) is 0. The van der Waals surface area contributed by atoms with Gasteiger partial charge in [-0.25, -0.2) is 0 Å². The SMILES string of the molecule is O.O.O.O.O.[Na].[Si].[Si]. The zero-order chi connectivity index (χ0) is 0. The van der Waals surface area contributed by atoms with Crippen LogP contribution in [0.15, 0.2) is 0 Å². The Hall–Kier alpha value is 1.23. The number of hydrogen-bond donors (Lipinski definition) is 0. The molecule has 5 nitrogen and oxygen atoms in total. The van der Waals surface area contributed by atoms with E-state index in [2.05, 4.69) is 0 Å². The van der Waals surface area contributed by atoms with Gasteiger partial charge < -0.3 is 27.4 Å². The van der Waals surface area contributed by atoms with E-state index in [-0.39, 0.29) is 78.9 Å². The summed E-state index contributed by atoms with van der Waals surface area (Å²) in [4.78, 5) is 0. The molecule has 0 aromatic rings. The van der Waals surface area contributed by atoms with Gasteiger partial charge >= 0.3 is 0 Å². The van der Waals surface area contributed by atoms with Gasteiger partial charge in [0.2, 0.25) is 0 Å². The van der Waals surface area contributed by atoms with Crippen molar-refractivity contribution >= 4 is 51.5 Å². The second-order valence-electron chi connectivity index (χ2n) is 0. The van der Waals surface area contributed by atoms with Crippen LogP contribution < -0.4 is 0 Å². The van der Waals surface area contributed by atoms with Crippen molar-refractivity contribution in [1.82, 2.24) is 0 Å². The van der Waals surface area contributed by atoms with Crippen molar-refractivity contribution in [3.05, 3.63) is 0 Å². The first-order valence-electron chi connectivity index (χ1n) is 0. The molecule has 49 valence electrons. The first kappa shape index (κ1) is 411. The summed E-state index contributed by atoms with van der Waals surface area (Å²) in [6.45, 7) is 0. The second kappa shape index (κ2) is 283. The van der Waals surface area contributed by atoms with E-state index >= 15 is 0 Å². The molecule has 0 saturated heterocycles. The van der Waals surface area contributed by atoms with E-state index < -0.39 is 0 Å². The van der Waals surface area contributed by atoms with Crippen LogP contribution in [0.3, 0.4) is 0 Å². The molecule has 0 saturated carbocycles. The van der Waals surface area contributed by atoms with Crippen LogP contribution in [0.25, 0.3) is 0 Å². The Morgan fingerprint density at radius 1 is 0.375 bits per heavy atom. The van der Waals surface area contributed by atoms with E-state index in [9.17, 15) is 0 Å². The maximum absolute atomic E-state index is 0. The van der Waals surface area contributed by atoms with Crippen LogP contribution in [0, 0.1) is 0 Å². The van der Waals surface area contributed by atoms with Crippen molar-refractivity contribution in [2.45, 2.75) is 0 Å². The summed E-state index contributed by atoms with van der Waals surface area (Å²) >= 11 is 0. The molecule has 0 aromatic heterocycles. The molecule has 0 aliphatic heterocycles. The standard InChI is InChI=1S/Na.5H2O.2Si/h;5*1H2;;. The second-order valence-corrected chi connectivity index (χ2v) is 0. The molecule has 0 spiro atoms. The van der Waals surface area contributed by atoms with Crippen molar-refractivity contribution in [3.63, 3.8) is 0 Å². The van der Waals surface area contributed by atoms with Crippen LogP contribution in [0.5, 0.6) is 0 Å². The summed E-state index contributed by atoms with van der Waals surface area (Å²) in [5, 5.41) is 0. The van der Waals surface area contributed by atoms with Crippen molar-refractivity contribution in [1.29, 1.82) is 0 Å². The third-order valence-corrected chi connectivity index (χ3v) is 0. The Morgan fingerprint density at radius 3 is 0.375 bits per heavy atom. The summed E-state index contributed by atoms with van der Waals surface area (Å²) in [6, 6.07) is 0. The monoisotopic (exact) mass is 169 g/mol. The predicted octanol–water partition coefficient (Wildman–Crippen LogP) is -5.27. The van der Waals surface area contributed by atoms with E-state index in [0.29, 0.717) is 0 Å². The van der Waals surface area contributed by atoms with Gasteiger partial charge in [-0.3, -0.25) is 0 Å². The van der Waals surface area contributed by atoms with Gasteiger partial charge in [-0.2, -0.15) is 0 Å². The summed E-state index contributed by atoms with van der Waals surface area (Å²) in [7, 11) is 0. The molecule has 0 atom stereocenters.